The maximum atomic E-state index is 8.65. The smallest absolute Gasteiger partial charge is 0.227 e. The van der Waals surface area contributed by atoms with Crippen LogP contribution in [0, 0.1) is 12.3 Å². The predicted octanol–water partition coefficient (Wildman–Crippen LogP) is 5.24. The van der Waals surface area contributed by atoms with E-state index in [9.17, 15) is 0 Å². The first-order chi connectivity index (χ1) is 14.1. The zero-order valence-corrected chi connectivity index (χ0v) is 17.1. The normalized spacial score (nSPS) is 14.9. The molecule has 1 aromatic heterocycles. The van der Waals surface area contributed by atoms with E-state index in [0.717, 1.165) is 45.8 Å². The van der Waals surface area contributed by atoms with Gasteiger partial charge in [-0.15, -0.1) is 0 Å². The van der Waals surface area contributed by atoms with Crippen molar-refractivity contribution in [3.8, 4) is 0 Å². The molecule has 1 aliphatic carbocycles. The zero-order chi connectivity index (χ0) is 20.4. The van der Waals surface area contributed by atoms with Crippen LogP contribution in [0.4, 0.5) is 11.6 Å². The number of aromatic nitrogens is 2. The Morgan fingerprint density at radius 2 is 1.86 bits per heavy atom. The number of aryl methyl sites for hydroxylation is 2. The Morgan fingerprint density at radius 1 is 1.07 bits per heavy atom. The molecule has 2 aromatic carbocycles. The van der Waals surface area contributed by atoms with Gasteiger partial charge < -0.3 is 16.0 Å². The molecule has 0 spiro atoms. The van der Waals surface area contributed by atoms with Gasteiger partial charge in [-0.2, -0.15) is 0 Å². The van der Waals surface area contributed by atoms with Crippen molar-refractivity contribution in [3.63, 3.8) is 0 Å². The van der Waals surface area contributed by atoms with E-state index in [1.54, 1.807) is 0 Å². The number of allylic oxidation sites excluding steroid dienone is 1. The molecule has 4 rings (SSSR count). The summed E-state index contributed by atoms with van der Waals surface area (Å²) < 4.78 is 0. The highest BCUT2D eigenvalue weighted by Crippen LogP contribution is 2.35. The highest BCUT2D eigenvalue weighted by atomic mass is 35.5. The lowest BCUT2D eigenvalue weighted by atomic mass is 9.87. The fourth-order valence-corrected chi connectivity index (χ4v) is 3.77. The number of halogens is 1. The molecule has 0 bridgehead atoms. The van der Waals surface area contributed by atoms with Gasteiger partial charge in [0.2, 0.25) is 5.95 Å². The average molecular weight is 404 g/mol. The van der Waals surface area contributed by atoms with Crippen LogP contribution >= 0.6 is 11.6 Å². The van der Waals surface area contributed by atoms with E-state index >= 15 is 0 Å². The summed E-state index contributed by atoms with van der Waals surface area (Å²) in [6.45, 7) is 1.98. The summed E-state index contributed by atoms with van der Waals surface area (Å²) in [5, 5.41) is 15.9. The molecular formula is C23H22ClN5. The van der Waals surface area contributed by atoms with Gasteiger partial charge in [-0.1, -0.05) is 48.0 Å². The van der Waals surface area contributed by atoms with E-state index in [0.29, 0.717) is 23.1 Å². The van der Waals surface area contributed by atoms with E-state index in [-0.39, 0.29) is 0 Å². The Hall–Kier alpha value is -3.18. The molecule has 3 aromatic rings. The van der Waals surface area contributed by atoms with Crippen LogP contribution in [0.5, 0.6) is 0 Å². The van der Waals surface area contributed by atoms with Crippen molar-refractivity contribution >= 4 is 40.2 Å². The van der Waals surface area contributed by atoms with Crippen LogP contribution in [0.3, 0.4) is 0 Å². The van der Waals surface area contributed by atoms with Crippen molar-refractivity contribution < 1.29 is 0 Å². The van der Waals surface area contributed by atoms with E-state index in [2.05, 4.69) is 15.6 Å². The van der Waals surface area contributed by atoms with Crippen LogP contribution in [0.1, 0.15) is 28.8 Å². The first-order valence-electron chi connectivity index (χ1n) is 9.52. The number of anilines is 2. The summed E-state index contributed by atoms with van der Waals surface area (Å²) in [6, 6.07) is 15.7. The predicted molar refractivity (Wildman–Crippen MR) is 120 cm³/mol. The van der Waals surface area contributed by atoms with Crippen molar-refractivity contribution in [1.82, 2.24) is 15.3 Å². The van der Waals surface area contributed by atoms with Gasteiger partial charge in [-0.05, 0) is 43.0 Å². The minimum Gasteiger partial charge on any atom is -0.387 e. The number of hydrogen-bond donors (Lipinski definition) is 3. The van der Waals surface area contributed by atoms with Crippen LogP contribution in [-0.4, -0.2) is 22.7 Å². The molecule has 6 heteroatoms. The largest absolute Gasteiger partial charge is 0.387 e. The Morgan fingerprint density at radius 3 is 2.62 bits per heavy atom. The summed E-state index contributed by atoms with van der Waals surface area (Å²) in [5.74, 6) is 0.507. The van der Waals surface area contributed by atoms with Gasteiger partial charge >= 0.3 is 0 Å². The Kier molecular flexibility index (Phi) is 5.32. The molecule has 0 radical (unpaired) electrons. The van der Waals surface area contributed by atoms with Crippen molar-refractivity contribution in [2.75, 3.05) is 12.4 Å². The lowest BCUT2D eigenvalue weighted by molar-refractivity contribution is 0.955. The molecule has 0 fully saturated rings. The number of nitrogens with zero attached hydrogens (tertiary/aromatic N) is 2. The molecule has 3 N–H and O–H groups in total. The van der Waals surface area contributed by atoms with Gasteiger partial charge in [0.05, 0.1) is 16.4 Å². The first kappa shape index (κ1) is 19.2. The van der Waals surface area contributed by atoms with Crippen LogP contribution < -0.4 is 10.6 Å². The molecule has 1 aliphatic rings. The van der Waals surface area contributed by atoms with E-state index in [1.165, 1.54) is 0 Å². The fourth-order valence-electron chi connectivity index (χ4n) is 3.55. The quantitative estimate of drug-likeness (QED) is 0.557. The first-order valence-corrected chi connectivity index (χ1v) is 9.90. The molecule has 5 nitrogen and oxygen atoms in total. The van der Waals surface area contributed by atoms with Gasteiger partial charge in [0.25, 0.3) is 0 Å². The summed E-state index contributed by atoms with van der Waals surface area (Å²) in [7, 11) is 1.85. The lowest BCUT2D eigenvalue weighted by Crippen LogP contribution is -2.20. The monoisotopic (exact) mass is 403 g/mol. The Balaban J connectivity index is 1.86. The molecule has 146 valence electrons. The van der Waals surface area contributed by atoms with Gasteiger partial charge in [-0.25, -0.2) is 9.97 Å². The van der Waals surface area contributed by atoms with Crippen molar-refractivity contribution in [2.45, 2.75) is 19.8 Å². The third-order valence-corrected chi connectivity index (χ3v) is 5.54. The van der Waals surface area contributed by atoms with E-state index in [4.69, 9.17) is 22.0 Å². The number of benzene rings is 2. The highest BCUT2D eigenvalue weighted by Gasteiger charge is 2.26. The minimum absolute atomic E-state index is 0.507. The molecule has 0 saturated carbocycles. The second kappa shape index (κ2) is 8.05. The Bertz CT molecular complexity index is 1110. The van der Waals surface area contributed by atoms with Crippen LogP contribution in [0.15, 0.2) is 54.7 Å². The fraction of sp³-hybridized carbons (Fsp3) is 0.174. The van der Waals surface area contributed by atoms with Crippen LogP contribution in [0.2, 0.25) is 5.02 Å². The number of rotatable bonds is 4. The van der Waals surface area contributed by atoms with Gasteiger partial charge in [0, 0.05) is 35.8 Å². The minimum atomic E-state index is 0.507. The van der Waals surface area contributed by atoms with Crippen molar-refractivity contribution in [3.05, 3.63) is 82.1 Å². The third kappa shape index (κ3) is 3.74. The molecule has 0 amide bonds. The molecule has 0 aliphatic heterocycles. The second-order valence-electron chi connectivity index (χ2n) is 6.97. The number of fused-ring (bicyclic) bond motifs is 1. The number of hydrogen-bond acceptors (Lipinski definition) is 5. The number of para-hydroxylation sites is 1. The highest BCUT2D eigenvalue weighted by molar-refractivity contribution is 6.35. The van der Waals surface area contributed by atoms with E-state index < -0.39 is 0 Å². The molecule has 0 saturated heterocycles. The van der Waals surface area contributed by atoms with Crippen LogP contribution in [-0.2, 0) is 6.42 Å². The van der Waals surface area contributed by atoms with E-state index in [1.807, 2.05) is 68.7 Å². The van der Waals surface area contributed by atoms with Crippen molar-refractivity contribution in [1.29, 1.82) is 5.41 Å². The molecule has 1 heterocycles. The standard InChI is InChI=1S/C23H22ClN5/c1-14-7-6-10-17(20(14)24)22(26-2)19-18(25)12-11-15-13-27-23(29-21(15)19)28-16-8-4-3-5-9-16/h3-10,13,25-26H,11-12H2,1-2H3,(H,27,28,29)/b22-19+,25-18?. The SMILES string of the molecule is CN/C(=C1\C(=N)CCc2cnc(Nc3ccccc3)nc21)c1cccc(C)c1Cl. The summed E-state index contributed by atoms with van der Waals surface area (Å²) in [6.07, 6.45) is 3.25. The summed E-state index contributed by atoms with van der Waals surface area (Å²) in [4.78, 5) is 9.26. The Labute approximate surface area is 175 Å². The van der Waals surface area contributed by atoms with Crippen molar-refractivity contribution in [2.24, 2.45) is 0 Å². The third-order valence-electron chi connectivity index (χ3n) is 5.04. The molecule has 29 heavy (non-hydrogen) atoms. The summed E-state index contributed by atoms with van der Waals surface area (Å²) >= 11 is 6.61. The van der Waals surface area contributed by atoms with Gasteiger partial charge in [-0.3, -0.25) is 0 Å². The van der Waals surface area contributed by atoms with Gasteiger partial charge in [0.1, 0.15) is 0 Å². The lowest BCUT2D eigenvalue weighted by Gasteiger charge is -2.24. The maximum Gasteiger partial charge on any atom is 0.227 e. The number of nitrogens with one attached hydrogen (secondary N) is 3. The molecule has 0 unspecified atom stereocenters. The molecule has 0 atom stereocenters. The maximum absolute atomic E-state index is 8.65. The summed E-state index contributed by atoms with van der Waals surface area (Å²) in [5.41, 5.74) is 6.73. The average Bonchev–Trinajstić information content (AvgIpc) is 2.73. The van der Waals surface area contributed by atoms with Gasteiger partial charge in [0.15, 0.2) is 0 Å². The van der Waals surface area contributed by atoms with Crippen LogP contribution in [0.25, 0.3) is 11.3 Å². The molecular weight excluding hydrogens is 382 g/mol. The topological polar surface area (TPSA) is 73.7 Å². The second-order valence-corrected chi connectivity index (χ2v) is 7.35. The zero-order valence-electron chi connectivity index (χ0n) is 16.4.